The number of carbonyl (C=O) groups excluding carboxylic acids is 1. The van der Waals surface area contributed by atoms with Crippen LogP contribution < -0.4 is 9.47 Å². The number of hydrogen-bond acceptors (Lipinski definition) is 4. The molecule has 0 N–H and O–H groups in total. The van der Waals surface area contributed by atoms with Crippen molar-refractivity contribution in [2.24, 2.45) is 7.05 Å². The lowest BCUT2D eigenvalue weighted by Gasteiger charge is -2.29. The lowest BCUT2D eigenvalue weighted by molar-refractivity contribution is -0.127. The van der Waals surface area contributed by atoms with E-state index in [0.29, 0.717) is 40.2 Å². The number of fused-ring (bicyclic) bond motifs is 2. The van der Waals surface area contributed by atoms with Crippen molar-refractivity contribution in [2.45, 2.75) is 19.1 Å². The molecule has 0 bridgehead atoms. The van der Waals surface area contributed by atoms with Crippen LogP contribution in [0.3, 0.4) is 0 Å². The molecule has 38 heavy (non-hydrogen) atoms. The monoisotopic (exact) mass is 521 g/mol. The minimum atomic E-state index is -4.78. The van der Waals surface area contributed by atoms with E-state index in [2.05, 4.69) is 4.98 Å². The highest BCUT2D eigenvalue weighted by Crippen LogP contribution is 2.44. The third kappa shape index (κ3) is 4.49. The molecular formula is C29H26F3N3O3. The van der Waals surface area contributed by atoms with Crippen LogP contribution in [0.1, 0.15) is 16.7 Å². The summed E-state index contributed by atoms with van der Waals surface area (Å²) in [5.41, 5.74) is 2.05. The summed E-state index contributed by atoms with van der Waals surface area (Å²) >= 11 is 0. The first kappa shape index (κ1) is 25.4. The molecule has 9 heteroatoms. The number of amides is 1. The van der Waals surface area contributed by atoms with Crippen molar-refractivity contribution in [3.63, 3.8) is 0 Å². The normalized spacial score (nSPS) is 13.9. The molecule has 1 aliphatic rings. The number of pyridine rings is 1. The second kappa shape index (κ2) is 9.89. The molecule has 0 unspecified atom stereocenters. The third-order valence-electron chi connectivity index (χ3n) is 6.87. The van der Waals surface area contributed by atoms with E-state index in [0.717, 1.165) is 17.2 Å². The van der Waals surface area contributed by atoms with Gasteiger partial charge in [0.1, 0.15) is 5.65 Å². The zero-order valence-electron chi connectivity index (χ0n) is 21.2. The summed E-state index contributed by atoms with van der Waals surface area (Å²) in [5.74, 6) is 0.365. The molecule has 0 radical (unpaired) electrons. The first-order valence-electron chi connectivity index (χ1n) is 12.0. The number of aromatic nitrogens is 2. The van der Waals surface area contributed by atoms with Crippen LogP contribution in [0.25, 0.3) is 27.9 Å². The van der Waals surface area contributed by atoms with Gasteiger partial charge in [-0.1, -0.05) is 30.3 Å². The van der Waals surface area contributed by atoms with Gasteiger partial charge >= 0.3 is 6.18 Å². The zero-order valence-corrected chi connectivity index (χ0v) is 21.2. The zero-order chi connectivity index (χ0) is 27.0. The van der Waals surface area contributed by atoms with E-state index < -0.39 is 17.7 Å². The molecule has 0 saturated carbocycles. The Hall–Kier alpha value is -4.27. The van der Waals surface area contributed by atoms with Gasteiger partial charge in [0.15, 0.2) is 11.5 Å². The molecule has 0 spiro atoms. The molecule has 4 aromatic rings. The fourth-order valence-corrected chi connectivity index (χ4v) is 5.05. The lowest BCUT2D eigenvalue weighted by atomic mass is 9.96. The quantitative estimate of drug-likeness (QED) is 0.312. The van der Waals surface area contributed by atoms with Gasteiger partial charge in [-0.05, 0) is 47.4 Å². The maximum atomic E-state index is 14.7. The Labute approximate surface area is 217 Å². The second-order valence-electron chi connectivity index (χ2n) is 9.06. The largest absolute Gasteiger partial charge is 0.493 e. The molecule has 196 valence electrons. The van der Waals surface area contributed by atoms with Crippen LogP contribution in [0, 0.1) is 0 Å². The standard InChI is InChI=1S/C29H26F3N3O3/c1-34-27(18-8-5-4-6-9-18)26(21-10-7-12-33-28(21)34)22(29(30,31)32)16-25(36)35-13-11-19-14-23(37-2)24(38-3)15-20(19)17-35/h4-10,12,14-16H,11,13,17H2,1-3H3/b22-16-. The fraction of sp³-hybridized carbons (Fsp3) is 0.241. The summed E-state index contributed by atoms with van der Waals surface area (Å²) in [7, 11) is 4.73. The number of aryl methyl sites for hydroxylation is 1. The van der Waals surface area contributed by atoms with Gasteiger partial charge in [0.05, 0.1) is 25.5 Å². The van der Waals surface area contributed by atoms with E-state index >= 15 is 0 Å². The van der Waals surface area contributed by atoms with E-state index in [1.807, 2.05) is 6.07 Å². The SMILES string of the molecule is COc1cc2c(cc1OC)CN(C(=O)/C=C(/c1c(-c3ccccc3)n(C)c3ncccc13)C(F)(F)F)CC2. The Morgan fingerprint density at radius 1 is 1.00 bits per heavy atom. The van der Waals surface area contributed by atoms with Crippen molar-refractivity contribution in [1.82, 2.24) is 14.5 Å². The Kier molecular flexibility index (Phi) is 6.60. The maximum Gasteiger partial charge on any atom is 0.417 e. The average Bonchev–Trinajstić information content (AvgIpc) is 3.22. The van der Waals surface area contributed by atoms with Gasteiger partial charge in [-0.3, -0.25) is 4.79 Å². The van der Waals surface area contributed by atoms with E-state index in [1.54, 1.807) is 67.3 Å². The van der Waals surface area contributed by atoms with Crippen LogP contribution in [0.4, 0.5) is 13.2 Å². The van der Waals surface area contributed by atoms with Crippen molar-refractivity contribution in [3.05, 3.63) is 83.6 Å². The summed E-state index contributed by atoms with van der Waals surface area (Å²) in [6.07, 6.45) is -2.03. The predicted octanol–water partition coefficient (Wildman–Crippen LogP) is 5.79. The number of alkyl halides is 3. The van der Waals surface area contributed by atoms with Crippen LogP contribution in [0.5, 0.6) is 11.5 Å². The van der Waals surface area contributed by atoms with Gasteiger partial charge in [0, 0.05) is 43.4 Å². The van der Waals surface area contributed by atoms with Crippen LogP contribution in [0.15, 0.2) is 66.9 Å². The molecular weight excluding hydrogens is 495 g/mol. The van der Waals surface area contributed by atoms with E-state index in [1.165, 1.54) is 18.2 Å². The molecule has 0 fully saturated rings. The molecule has 5 rings (SSSR count). The number of allylic oxidation sites excluding steroid dienone is 1. The Bertz CT molecular complexity index is 1540. The molecule has 1 amide bonds. The van der Waals surface area contributed by atoms with Crippen molar-refractivity contribution in [1.29, 1.82) is 0 Å². The van der Waals surface area contributed by atoms with Gasteiger partial charge < -0.3 is 18.9 Å². The lowest BCUT2D eigenvalue weighted by Crippen LogP contribution is -2.35. The Morgan fingerprint density at radius 3 is 2.34 bits per heavy atom. The number of halogens is 3. The molecule has 3 heterocycles. The number of methoxy groups -OCH3 is 2. The van der Waals surface area contributed by atoms with E-state index in [4.69, 9.17) is 9.47 Å². The summed E-state index contributed by atoms with van der Waals surface area (Å²) in [4.78, 5) is 19.1. The van der Waals surface area contributed by atoms with Crippen molar-refractivity contribution in [3.8, 4) is 22.8 Å². The van der Waals surface area contributed by atoms with Crippen molar-refractivity contribution in [2.75, 3.05) is 20.8 Å². The minimum absolute atomic E-state index is 0.0635. The molecule has 6 nitrogen and oxygen atoms in total. The van der Waals surface area contributed by atoms with Crippen LogP contribution >= 0.6 is 0 Å². The number of rotatable bonds is 5. The summed E-state index contributed by atoms with van der Waals surface area (Å²) in [6.45, 7) is 0.449. The maximum absolute atomic E-state index is 14.7. The molecule has 0 aliphatic carbocycles. The molecule has 1 aliphatic heterocycles. The third-order valence-corrected chi connectivity index (χ3v) is 6.87. The number of hydrogen-bond donors (Lipinski definition) is 0. The number of carbonyl (C=O) groups is 1. The smallest absolute Gasteiger partial charge is 0.417 e. The van der Waals surface area contributed by atoms with Crippen molar-refractivity contribution >= 4 is 22.5 Å². The van der Waals surface area contributed by atoms with Gasteiger partial charge in [0.2, 0.25) is 5.91 Å². The topological polar surface area (TPSA) is 56.6 Å². The number of benzene rings is 2. The summed E-state index contributed by atoms with van der Waals surface area (Å²) < 4.78 is 56.4. The van der Waals surface area contributed by atoms with Gasteiger partial charge in [0.25, 0.3) is 0 Å². The predicted molar refractivity (Wildman–Crippen MR) is 139 cm³/mol. The van der Waals surface area contributed by atoms with Gasteiger partial charge in [-0.2, -0.15) is 13.2 Å². The summed E-state index contributed by atoms with van der Waals surface area (Å²) in [6, 6.07) is 15.6. The van der Waals surface area contributed by atoms with E-state index in [9.17, 15) is 18.0 Å². The average molecular weight is 522 g/mol. The molecule has 2 aromatic carbocycles. The first-order chi connectivity index (χ1) is 18.2. The number of nitrogens with zero attached hydrogens (tertiary/aromatic N) is 3. The fourth-order valence-electron chi connectivity index (χ4n) is 5.05. The van der Waals surface area contributed by atoms with E-state index in [-0.39, 0.29) is 18.7 Å². The first-order valence-corrected chi connectivity index (χ1v) is 12.0. The molecule has 0 atom stereocenters. The molecule has 2 aromatic heterocycles. The highest BCUT2D eigenvalue weighted by Gasteiger charge is 2.40. The van der Waals surface area contributed by atoms with Gasteiger partial charge in [-0.25, -0.2) is 4.98 Å². The summed E-state index contributed by atoms with van der Waals surface area (Å²) in [5, 5.41) is 0.325. The van der Waals surface area contributed by atoms with Crippen molar-refractivity contribution < 1.29 is 27.4 Å². The Balaban J connectivity index is 1.61. The number of ether oxygens (including phenoxy) is 2. The van der Waals surface area contributed by atoms with Crippen LogP contribution in [-0.2, 0) is 24.8 Å². The van der Waals surface area contributed by atoms with Crippen LogP contribution in [0.2, 0.25) is 0 Å². The van der Waals surface area contributed by atoms with Gasteiger partial charge in [-0.15, -0.1) is 0 Å². The highest BCUT2D eigenvalue weighted by molar-refractivity contribution is 6.05. The Morgan fingerprint density at radius 2 is 1.68 bits per heavy atom. The highest BCUT2D eigenvalue weighted by atomic mass is 19.4. The molecule has 0 saturated heterocycles. The van der Waals surface area contributed by atoms with Crippen LogP contribution in [-0.4, -0.2) is 47.3 Å². The minimum Gasteiger partial charge on any atom is -0.493 e. The second-order valence-corrected chi connectivity index (χ2v) is 9.06.